The molecule has 0 fully saturated rings. The molecule has 0 aliphatic carbocycles. The lowest BCUT2D eigenvalue weighted by Crippen LogP contribution is -2.29. The lowest BCUT2D eigenvalue weighted by Gasteiger charge is -2.18. The van der Waals surface area contributed by atoms with Gasteiger partial charge in [0.2, 0.25) is 0 Å². The maximum absolute atomic E-state index is 10.6. The molecule has 5 nitrogen and oxygen atoms in total. The Kier molecular flexibility index (Phi) is 5.68. The number of halogens is 1. The molecule has 0 saturated heterocycles. The molecule has 0 bridgehead atoms. The number of hydrogen-bond acceptors (Lipinski definition) is 4. The Labute approximate surface area is 115 Å². The molecular weight excluding hydrogens is 298 g/mol. The van der Waals surface area contributed by atoms with Gasteiger partial charge in [0.15, 0.2) is 0 Å². The number of hydrogen-bond donors (Lipinski definition) is 1. The molecule has 100 valence electrons. The Morgan fingerprint density at radius 2 is 2.22 bits per heavy atom. The minimum absolute atomic E-state index is 0.00972. The highest BCUT2D eigenvalue weighted by atomic mass is 79.9. The Hall–Kier alpha value is -1.01. The molecule has 18 heavy (non-hydrogen) atoms. The van der Waals surface area contributed by atoms with Gasteiger partial charge in [0.1, 0.15) is 6.20 Å². The van der Waals surface area contributed by atoms with Crippen LogP contribution in [0.15, 0.2) is 16.7 Å². The summed E-state index contributed by atoms with van der Waals surface area (Å²) in [5.41, 5.74) is 0.857. The smallest absolute Gasteiger partial charge is 0.288 e. The van der Waals surface area contributed by atoms with Crippen LogP contribution < -0.4 is 5.32 Å². The zero-order valence-corrected chi connectivity index (χ0v) is 12.4. The van der Waals surface area contributed by atoms with E-state index in [2.05, 4.69) is 40.1 Å². The van der Waals surface area contributed by atoms with Gasteiger partial charge in [0.05, 0.1) is 10.6 Å². The minimum atomic E-state index is -0.439. The van der Waals surface area contributed by atoms with Gasteiger partial charge in [-0.2, -0.15) is 0 Å². The summed E-state index contributed by atoms with van der Waals surface area (Å²) < 4.78 is 0.695. The summed E-state index contributed by atoms with van der Waals surface area (Å²) in [6, 6.07) is 1.83. The standard InChI is InChI=1S/C12H18BrN3O2/c1-8(2)4-9(14-3)5-12-11(13)6-10(7-15-12)16(17)18/h6-9,14H,4-5H2,1-3H3. The van der Waals surface area contributed by atoms with Gasteiger partial charge in [-0.05, 0) is 35.3 Å². The average molecular weight is 316 g/mol. The predicted molar refractivity (Wildman–Crippen MR) is 74.6 cm³/mol. The van der Waals surface area contributed by atoms with Crippen molar-refractivity contribution in [1.82, 2.24) is 10.3 Å². The van der Waals surface area contributed by atoms with Crippen LogP contribution in [0.4, 0.5) is 5.69 Å². The highest BCUT2D eigenvalue weighted by Crippen LogP contribution is 2.22. The van der Waals surface area contributed by atoms with E-state index in [4.69, 9.17) is 0 Å². The molecule has 1 aromatic heterocycles. The van der Waals surface area contributed by atoms with E-state index in [1.54, 1.807) is 0 Å². The van der Waals surface area contributed by atoms with Crippen molar-refractivity contribution in [3.8, 4) is 0 Å². The molecule has 1 aromatic rings. The van der Waals surface area contributed by atoms with Crippen LogP contribution in [0, 0.1) is 16.0 Å². The monoisotopic (exact) mass is 315 g/mol. The second-order valence-electron chi connectivity index (χ2n) is 4.70. The van der Waals surface area contributed by atoms with E-state index in [9.17, 15) is 10.1 Å². The molecule has 0 aliphatic rings. The van der Waals surface area contributed by atoms with Gasteiger partial charge in [-0.15, -0.1) is 0 Å². The summed E-state index contributed by atoms with van der Waals surface area (Å²) in [7, 11) is 1.92. The third-order valence-electron chi connectivity index (χ3n) is 2.72. The van der Waals surface area contributed by atoms with Crippen molar-refractivity contribution >= 4 is 21.6 Å². The lowest BCUT2D eigenvalue weighted by atomic mass is 10.00. The van der Waals surface area contributed by atoms with Crippen molar-refractivity contribution in [1.29, 1.82) is 0 Å². The van der Waals surface area contributed by atoms with Crippen molar-refractivity contribution in [2.75, 3.05) is 7.05 Å². The van der Waals surface area contributed by atoms with Crippen molar-refractivity contribution in [2.45, 2.75) is 32.7 Å². The normalized spacial score (nSPS) is 12.7. The number of rotatable bonds is 6. The van der Waals surface area contributed by atoms with Crippen molar-refractivity contribution in [3.05, 3.63) is 32.5 Å². The van der Waals surface area contributed by atoms with Gasteiger partial charge in [-0.25, -0.2) is 0 Å². The van der Waals surface area contributed by atoms with Crippen LogP contribution in [0.3, 0.4) is 0 Å². The third kappa shape index (κ3) is 4.34. The van der Waals surface area contributed by atoms with Gasteiger partial charge in [-0.3, -0.25) is 15.1 Å². The van der Waals surface area contributed by atoms with Crippen LogP contribution in [0.2, 0.25) is 0 Å². The summed E-state index contributed by atoms with van der Waals surface area (Å²) in [5, 5.41) is 13.9. The Bertz CT molecular complexity index is 424. The fourth-order valence-electron chi connectivity index (χ4n) is 1.81. The maximum Gasteiger partial charge on any atom is 0.288 e. The number of likely N-dealkylation sites (N-methyl/N-ethyl adjacent to an activating group) is 1. The molecule has 0 radical (unpaired) electrons. The van der Waals surface area contributed by atoms with Crippen LogP contribution in [0.5, 0.6) is 0 Å². The van der Waals surface area contributed by atoms with Crippen molar-refractivity contribution < 1.29 is 4.92 Å². The second-order valence-corrected chi connectivity index (χ2v) is 5.55. The summed E-state index contributed by atoms with van der Waals surface area (Å²) >= 11 is 3.34. The number of nitro groups is 1. The zero-order valence-electron chi connectivity index (χ0n) is 10.8. The van der Waals surface area contributed by atoms with E-state index in [-0.39, 0.29) is 5.69 Å². The fourth-order valence-corrected chi connectivity index (χ4v) is 2.31. The number of aromatic nitrogens is 1. The molecule has 1 heterocycles. The van der Waals surface area contributed by atoms with E-state index in [0.717, 1.165) is 18.5 Å². The Morgan fingerprint density at radius 1 is 1.56 bits per heavy atom. The minimum Gasteiger partial charge on any atom is -0.317 e. The highest BCUT2D eigenvalue weighted by molar-refractivity contribution is 9.10. The first-order valence-corrected chi connectivity index (χ1v) is 6.69. The summed E-state index contributed by atoms with van der Waals surface area (Å²) in [5.74, 6) is 0.597. The lowest BCUT2D eigenvalue weighted by molar-refractivity contribution is -0.385. The average Bonchev–Trinajstić information content (AvgIpc) is 2.29. The van der Waals surface area contributed by atoms with E-state index in [1.807, 2.05) is 7.05 Å². The topological polar surface area (TPSA) is 68.1 Å². The van der Waals surface area contributed by atoms with E-state index in [0.29, 0.717) is 16.4 Å². The van der Waals surface area contributed by atoms with Gasteiger partial charge < -0.3 is 5.32 Å². The number of nitrogens with one attached hydrogen (secondary N) is 1. The molecule has 1 N–H and O–H groups in total. The van der Waals surface area contributed by atoms with Gasteiger partial charge in [0.25, 0.3) is 5.69 Å². The van der Waals surface area contributed by atoms with Crippen LogP contribution >= 0.6 is 15.9 Å². The maximum atomic E-state index is 10.6. The molecule has 0 aromatic carbocycles. The molecule has 1 atom stereocenters. The first-order chi connectivity index (χ1) is 8.43. The highest BCUT2D eigenvalue weighted by Gasteiger charge is 2.15. The van der Waals surface area contributed by atoms with Crippen LogP contribution in [-0.4, -0.2) is 23.0 Å². The molecule has 0 aliphatic heterocycles. The van der Waals surface area contributed by atoms with Gasteiger partial charge in [-0.1, -0.05) is 13.8 Å². The van der Waals surface area contributed by atoms with Crippen LogP contribution in [-0.2, 0) is 6.42 Å². The molecule has 1 unspecified atom stereocenters. The van der Waals surface area contributed by atoms with Gasteiger partial charge in [0, 0.05) is 23.0 Å². The molecular formula is C12H18BrN3O2. The second kappa shape index (κ2) is 6.80. The molecule has 1 rings (SSSR count). The molecule has 0 saturated carbocycles. The van der Waals surface area contributed by atoms with E-state index in [1.165, 1.54) is 12.3 Å². The summed E-state index contributed by atoms with van der Waals surface area (Å²) in [6.45, 7) is 4.34. The van der Waals surface area contributed by atoms with E-state index < -0.39 is 4.92 Å². The Balaban J connectivity index is 2.80. The van der Waals surface area contributed by atoms with Crippen LogP contribution in [0.1, 0.15) is 26.0 Å². The predicted octanol–water partition coefficient (Wildman–Crippen LogP) is 2.93. The van der Waals surface area contributed by atoms with Crippen molar-refractivity contribution in [3.63, 3.8) is 0 Å². The summed E-state index contributed by atoms with van der Waals surface area (Å²) in [6.07, 6.45) is 3.11. The first-order valence-electron chi connectivity index (χ1n) is 5.90. The number of pyridine rings is 1. The van der Waals surface area contributed by atoms with Crippen molar-refractivity contribution in [2.24, 2.45) is 5.92 Å². The van der Waals surface area contributed by atoms with E-state index >= 15 is 0 Å². The number of nitrogens with zero attached hydrogens (tertiary/aromatic N) is 2. The fraction of sp³-hybridized carbons (Fsp3) is 0.583. The molecule has 0 amide bonds. The zero-order chi connectivity index (χ0) is 13.7. The van der Waals surface area contributed by atoms with Crippen LogP contribution in [0.25, 0.3) is 0 Å². The third-order valence-corrected chi connectivity index (χ3v) is 3.40. The largest absolute Gasteiger partial charge is 0.317 e. The van der Waals surface area contributed by atoms with Gasteiger partial charge >= 0.3 is 0 Å². The molecule has 6 heteroatoms. The summed E-state index contributed by atoms with van der Waals surface area (Å²) in [4.78, 5) is 14.3. The Morgan fingerprint density at radius 3 is 2.67 bits per heavy atom. The quantitative estimate of drug-likeness (QED) is 0.647. The molecule has 0 spiro atoms. The SMILES string of the molecule is CNC(Cc1ncc([N+](=O)[O-])cc1Br)CC(C)C. The first kappa shape index (κ1) is 15.0.